The zero-order valence-corrected chi connectivity index (χ0v) is 27.4. The maximum atomic E-state index is 6.48. The smallest absolute Gasteiger partial charge is 0.137 e. The molecular weight excluding hydrogens is 607 g/mol. The Labute approximate surface area is 292 Å². The minimum atomic E-state index is 0.837. The lowest BCUT2D eigenvalue weighted by Crippen LogP contribution is -2.12. The first-order valence-electron chi connectivity index (χ1n) is 17.0. The Morgan fingerprint density at radius 1 is 0.340 bits per heavy atom. The first-order valence-corrected chi connectivity index (χ1v) is 17.0. The van der Waals surface area contributed by atoms with Crippen LogP contribution in [-0.4, -0.2) is 0 Å². The van der Waals surface area contributed by atoms with Gasteiger partial charge in [0.1, 0.15) is 11.3 Å². The fraction of sp³-hybridized carbons (Fsp3) is 0. The largest absolute Gasteiger partial charge is 0.456 e. The maximum Gasteiger partial charge on any atom is 0.137 e. The summed E-state index contributed by atoms with van der Waals surface area (Å²) in [4.78, 5) is 2.37. The average molecular weight is 640 g/mol. The molecule has 0 atom stereocenters. The summed E-state index contributed by atoms with van der Waals surface area (Å²) in [5, 5.41) is 3.57. The van der Waals surface area contributed by atoms with E-state index >= 15 is 0 Å². The third-order valence-electron chi connectivity index (χ3n) is 9.51. The molecule has 0 saturated heterocycles. The van der Waals surface area contributed by atoms with Crippen LogP contribution in [0, 0.1) is 0 Å². The normalized spacial score (nSPS) is 11.2. The van der Waals surface area contributed by atoms with Crippen LogP contribution in [0.25, 0.3) is 66.4 Å². The van der Waals surface area contributed by atoms with Crippen LogP contribution in [0.1, 0.15) is 0 Å². The monoisotopic (exact) mass is 639 g/mol. The van der Waals surface area contributed by atoms with E-state index in [-0.39, 0.29) is 0 Å². The Kier molecular flexibility index (Phi) is 7.53. The molecule has 0 amide bonds. The van der Waals surface area contributed by atoms with Crippen molar-refractivity contribution >= 4 is 38.8 Å². The molecule has 0 unspecified atom stereocenters. The fourth-order valence-corrected chi connectivity index (χ4v) is 7.05. The number of rotatable bonds is 7. The summed E-state index contributed by atoms with van der Waals surface area (Å²) in [5.41, 5.74) is 12.2. The highest BCUT2D eigenvalue weighted by Gasteiger charge is 2.22. The van der Waals surface area contributed by atoms with Crippen molar-refractivity contribution in [3.05, 3.63) is 200 Å². The van der Waals surface area contributed by atoms with Gasteiger partial charge in [-0.25, -0.2) is 0 Å². The molecule has 0 spiro atoms. The van der Waals surface area contributed by atoms with Crippen molar-refractivity contribution in [3.63, 3.8) is 0 Å². The second kappa shape index (κ2) is 12.8. The number of para-hydroxylation sites is 3. The molecular formula is C48H33NO. The number of fused-ring (bicyclic) bond motifs is 2. The molecule has 0 N–H and O–H groups in total. The van der Waals surface area contributed by atoms with Crippen molar-refractivity contribution in [1.82, 2.24) is 0 Å². The van der Waals surface area contributed by atoms with E-state index in [1.807, 2.05) is 12.1 Å². The highest BCUT2D eigenvalue weighted by molar-refractivity contribution is 5.98. The number of benzene rings is 8. The second-order valence-corrected chi connectivity index (χ2v) is 12.5. The van der Waals surface area contributed by atoms with Crippen molar-refractivity contribution in [2.45, 2.75) is 0 Å². The van der Waals surface area contributed by atoms with Crippen LogP contribution in [0.3, 0.4) is 0 Å². The molecule has 0 aliphatic rings. The summed E-state index contributed by atoms with van der Waals surface area (Å²) in [6.45, 7) is 0. The van der Waals surface area contributed by atoms with E-state index in [2.05, 4.69) is 193 Å². The number of furan rings is 1. The van der Waals surface area contributed by atoms with Crippen molar-refractivity contribution in [2.75, 3.05) is 4.90 Å². The van der Waals surface area contributed by atoms with Crippen molar-refractivity contribution in [1.29, 1.82) is 0 Å². The molecule has 2 heteroatoms. The lowest BCUT2D eigenvalue weighted by Gasteiger charge is -2.29. The number of nitrogens with zero attached hydrogens (tertiary/aromatic N) is 1. The van der Waals surface area contributed by atoms with Gasteiger partial charge < -0.3 is 9.32 Å². The summed E-state index contributed by atoms with van der Waals surface area (Å²) >= 11 is 0. The number of hydrogen-bond acceptors (Lipinski definition) is 2. The zero-order valence-electron chi connectivity index (χ0n) is 27.4. The lowest BCUT2D eigenvalue weighted by molar-refractivity contribution is 0.631. The first kappa shape index (κ1) is 29.5. The Hall–Kier alpha value is -6.64. The summed E-state index contributed by atoms with van der Waals surface area (Å²) in [5.74, 6) is 0.837. The highest BCUT2D eigenvalue weighted by Crippen LogP contribution is 2.46. The summed E-state index contributed by atoms with van der Waals surface area (Å²) in [6, 6.07) is 71.0. The van der Waals surface area contributed by atoms with Gasteiger partial charge in [0, 0.05) is 22.2 Å². The van der Waals surface area contributed by atoms with Crippen molar-refractivity contribution < 1.29 is 4.42 Å². The standard InChI is InChI=1S/C48H33NO/c1-2-13-34(14-3-1)35-25-27-38(28-26-35)43-19-7-9-22-45(43)49(46-23-10-8-20-44(46)48-33-39-16-5-11-24-47(39)50-48)40-31-29-37(30-32-40)42-21-12-17-36-15-4-6-18-41(36)42/h1-33H. The van der Waals surface area contributed by atoms with Crippen LogP contribution in [0.5, 0.6) is 0 Å². The number of hydrogen-bond donors (Lipinski definition) is 0. The topological polar surface area (TPSA) is 16.4 Å². The third-order valence-corrected chi connectivity index (χ3v) is 9.51. The molecule has 8 aromatic carbocycles. The summed E-state index contributed by atoms with van der Waals surface area (Å²) in [6.07, 6.45) is 0. The summed E-state index contributed by atoms with van der Waals surface area (Å²) in [7, 11) is 0. The molecule has 0 fully saturated rings. The molecule has 0 aliphatic carbocycles. The van der Waals surface area contributed by atoms with Gasteiger partial charge in [-0.15, -0.1) is 0 Å². The molecule has 50 heavy (non-hydrogen) atoms. The maximum absolute atomic E-state index is 6.48. The molecule has 9 rings (SSSR count). The minimum Gasteiger partial charge on any atom is -0.456 e. The van der Waals surface area contributed by atoms with Crippen LogP contribution in [0.15, 0.2) is 205 Å². The van der Waals surface area contributed by atoms with Gasteiger partial charge in [0.2, 0.25) is 0 Å². The molecule has 1 aromatic heterocycles. The molecule has 0 bridgehead atoms. The lowest BCUT2D eigenvalue weighted by atomic mass is 9.96. The molecule has 2 nitrogen and oxygen atoms in total. The van der Waals surface area contributed by atoms with Crippen molar-refractivity contribution in [3.8, 4) is 44.7 Å². The molecule has 1 heterocycles. The molecule has 9 aromatic rings. The molecule has 0 saturated carbocycles. The highest BCUT2D eigenvalue weighted by atomic mass is 16.3. The van der Waals surface area contributed by atoms with Crippen LogP contribution < -0.4 is 4.90 Å². The van der Waals surface area contributed by atoms with E-state index in [0.717, 1.165) is 50.5 Å². The van der Waals surface area contributed by atoms with Gasteiger partial charge in [-0.3, -0.25) is 0 Å². The van der Waals surface area contributed by atoms with E-state index in [1.165, 1.54) is 33.0 Å². The second-order valence-electron chi connectivity index (χ2n) is 12.5. The van der Waals surface area contributed by atoms with E-state index in [9.17, 15) is 0 Å². The Bertz CT molecular complexity index is 2540. The van der Waals surface area contributed by atoms with Gasteiger partial charge in [0.15, 0.2) is 0 Å². The quantitative estimate of drug-likeness (QED) is 0.173. The Morgan fingerprint density at radius 3 is 1.64 bits per heavy atom. The van der Waals surface area contributed by atoms with Crippen LogP contribution in [-0.2, 0) is 0 Å². The van der Waals surface area contributed by atoms with E-state index in [0.29, 0.717) is 0 Å². The van der Waals surface area contributed by atoms with Gasteiger partial charge in [-0.05, 0) is 81.1 Å². The Morgan fingerprint density at radius 2 is 0.860 bits per heavy atom. The van der Waals surface area contributed by atoms with Crippen LogP contribution in [0.4, 0.5) is 17.1 Å². The van der Waals surface area contributed by atoms with Crippen molar-refractivity contribution in [2.24, 2.45) is 0 Å². The van der Waals surface area contributed by atoms with Gasteiger partial charge in [0.05, 0.1) is 11.4 Å². The van der Waals surface area contributed by atoms with E-state index < -0.39 is 0 Å². The fourth-order valence-electron chi connectivity index (χ4n) is 7.05. The summed E-state index contributed by atoms with van der Waals surface area (Å²) < 4.78 is 6.48. The molecule has 0 aliphatic heterocycles. The van der Waals surface area contributed by atoms with Gasteiger partial charge >= 0.3 is 0 Å². The predicted molar refractivity (Wildman–Crippen MR) is 210 cm³/mol. The van der Waals surface area contributed by atoms with Gasteiger partial charge in [-0.2, -0.15) is 0 Å². The zero-order chi connectivity index (χ0) is 33.3. The molecule has 236 valence electrons. The molecule has 0 radical (unpaired) electrons. The average Bonchev–Trinajstić information content (AvgIpc) is 3.63. The van der Waals surface area contributed by atoms with Gasteiger partial charge in [0.25, 0.3) is 0 Å². The third kappa shape index (κ3) is 5.43. The Balaban J connectivity index is 1.21. The van der Waals surface area contributed by atoms with Gasteiger partial charge in [-0.1, -0.05) is 158 Å². The van der Waals surface area contributed by atoms with Crippen LogP contribution in [0.2, 0.25) is 0 Å². The van der Waals surface area contributed by atoms with E-state index in [4.69, 9.17) is 4.42 Å². The number of anilines is 3. The first-order chi connectivity index (χ1) is 24.8. The SMILES string of the molecule is c1ccc(-c2ccc(-c3ccccc3N(c3ccc(-c4cccc5ccccc45)cc3)c3ccccc3-c3cc4ccccc4o3)cc2)cc1. The van der Waals surface area contributed by atoms with E-state index in [1.54, 1.807) is 0 Å². The minimum absolute atomic E-state index is 0.837. The van der Waals surface area contributed by atoms with Crippen LogP contribution >= 0.6 is 0 Å². The predicted octanol–water partition coefficient (Wildman–Crippen LogP) is 13.7.